The van der Waals surface area contributed by atoms with Crippen molar-refractivity contribution in [3.63, 3.8) is 0 Å². The van der Waals surface area contributed by atoms with Crippen LogP contribution in [0, 0.1) is 17.5 Å². The Labute approximate surface area is 229 Å². The van der Waals surface area contributed by atoms with Crippen molar-refractivity contribution in [2.45, 2.75) is 76.6 Å². The molecule has 0 spiro atoms. The van der Waals surface area contributed by atoms with E-state index in [0.717, 1.165) is 43.2 Å². The molecule has 3 aromatic rings. The number of hydrogen-bond donors (Lipinski definition) is 1. The maximum Gasteiger partial charge on any atom is 0.167 e. The molecule has 39 heavy (non-hydrogen) atoms. The van der Waals surface area contributed by atoms with E-state index >= 15 is 0 Å². The molecular weight excluding hydrogens is 501 g/mol. The number of ether oxygens (including phenoxy) is 2. The van der Waals surface area contributed by atoms with E-state index in [4.69, 9.17) is 9.47 Å². The second kappa shape index (κ2) is 13.8. The molecule has 1 fully saturated rings. The molecule has 0 heterocycles. The number of rotatable bonds is 12. The van der Waals surface area contributed by atoms with Gasteiger partial charge in [-0.15, -0.1) is 6.58 Å². The van der Waals surface area contributed by atoms with Crippen molar-refractivity contribution < 1.29 is 27.8 Å². The van der Waals surface area contributed by atoms with Gasteiger partial charge < -0.3 is 14.6 Å². The average Bonchev–Trinajstić information content (AvgIpc) is 2.95. The molecule has 1 atom stereocenters. The average molecular weight is 539 g/mol. The molecule has 1 saturated carbocycles. The van der Waals surface area contributed by atoms with Crippen LogP contribution in [0.2, 0.25) is 0 Å². The predicted octanol–water partition coefficient (Wildman–Crippen LogP) is 8.80. The molecule has 0 aromatic heterocycles. The molecule has 1 N–H and O–H groups in total. The largest absolute Gasteiger partial charge is 0.490 e. The lowest BCUT2D eigenvalue weighted by atomic mass is 9.82. The summed E-state index contributed by atoms with van der Waals surface area (Å²) in [6.07, 6.45) is 6.47. The summed E-state index contributed by atoms with van der Waals surface area (Å²) in [6.45, 7) is 6.02. The Kier molecular flexibility index (Phi) is 10.2. The number of hydrogen-bond acceptors (Lipinski definition) is 3. The Morgan fingerprint density at radius 2 is 1.72 bits per heavy atom. The minimum atomic E-state index is -0.902. The molecule has 0 saturated heterocycles. The van der Waals surface area contributed by atoms with Crippen molar-refractivity contribution in [1.82, 2.24) is 0 Å². The van der Waals surface area contributed by atoms with E-state index in [1.165, 1.54) is 0 Å². The van der Waals surface area contributed by atoms with Gasteiger partial charge in [0.2, 0.25) is 0 Å². The molecule has 0 amide bonds. The van der Waals surface area contributed by atoms with Crippen molar-refractivity contribution in [3.05, 3.63) is 101 Å². The summed E-state index contributed by atoms with van der Waals surface area (Å²) in [6, 6.07) is 15.2. The van der Waals surface area contributed by atoms with Crippen molar-refractivity contribution in [2.24, 2.45) is 0 Å². The van der Waals surface area contributed by atoms with Crippen molar-refractivity contribution in [2.75, 3.05) is 6.61 Å². The zero-order chi connectivity index (χ0) is 27.8. The highest BCUT2D eigenvalue weighted by molar-refractivity contribution is 5.65. The summed E-state index contributed by atoms with van der Waals surface area (Å²) in [5.74, 6) is -1.69. The predicted molar refractivity (Wildman–Crippen MR) is 148 cm³/mol. The maximum absolute atomic E-state index is 15.0. The van der Waals surface area contributed by atoms with Crippen molar-refractivity contribution >= 4 is 0 Å². The molecule has 0 bridgehead atoms. The molecule has 1 unspecified atom stereocenters. The number of halogens is 3. The smallest absolute Gasteiger partial charge is 0.167 e. The fourth-order valence-electron chi connectivity index (χ4n) is 5.16. The van der Waals surface area contributed by atoms with Gasteiger partial charge in [-0.2, -0.15) is 0 Å². The monoisotopic (exact) mass is 538 g/mol. The van der Waals surface area contributed by atoms with Gasteiger partial charge in [0, 0.05) is 11.1 Å². The number of aliphatic hydroxyl groups is 1. The zero-order valence-electron chi connectivity index (χ0n) is 22.5. The molecule has 0 aliphatic heterocycles. The van der Waals surface area contributed by atoms with E-state index in [2.05, 4.69) is 6.58 Å². The molecule has 208 valence electrons. The lowest BCUT2D eigenvalue weighted by molar-refractivity contribution is 0.0119. The van der Waals surface area contributed by atoms with Crippen LogP contribution < -0.4 is 4.74 Å². The molecule has 1 aliphatic carbocycles. The molecule has 3 aromatic carbocycles. The second-order valence-corrected chi connectivity index (χ2v) is 10.2. The lowest BCUT2D eigenvalue weighted by Crippen LogP contribution is -2.21. The number of aliphatic hydroxyl groups excluding tert-OH is 1. The van der Waals surface area contributed by atoms with E-state index in [9.17, 15) is 18.3 Å². The third kappa shape index (κ3) is 7.31. The number of benzene rings is 3. The summed E-state index contributed by atoms with van der Waals surface area (Å²) in [5, 5.41) is 10.1. The van der Waals surface area contributed by atoms with Gasteiger partial charge in [-0.3, -0.25) is 0 Å². The van der Waals surface area contributed by atoms with Gasteiger partial charge in [0.05, 0.1) is 25.4 Å². The van der Waals surface area contributed by atoms with Gasteiger partial charge in [0.15, 0.2) is 23.2 Å². The van der Waals surface area contributed by atoms with Crippen molar-refractivity contribution in [1.29, 1.82) is 0 Å². The van der Waals surface area contributed by atoms with Crippen LogP contribution in [0.3, 0.4) is 0 Å². The van der Waals surface area contributed by atoms with Gasteiger partial charge in [-0.25, -0.2) is 13.2 Å². The lowest BCUT2D eigenvalue weighted by Gasteiger charge is -2.29. The van der Waals surface area contributed by atoms with E-state index in [-0.39, 0.29) is 41.3 Å². The van der Waals surface area contributed by atoms with Crippen LogP contribution in [-0.4, -0.2) is 17.8 Å². The van der Waals surface area contributed by atoms with E-state index in [0.29, 0.717) is 25.0 Å². The molecule has 1 aliphatic rings. The van der Waals surface area contributed by atoms with Crippen LogP contribution in [0.15, 0.2) is 67.3 Å². The van der Waals surface area contributed by atoms with Crippen molar-refractivity contribution in [3.8, 4) is 16.9 Å². The van der Waals surface area contributed by atoms with Crippen LogP contribution in [-0.2, 0) is 11.3 Å². The Morgan fingerprint density at radius 1 is 0.974 bits per heavy atom. The quantitative estimate of drug-likeness (QED) is 0.185. The van der Waals surface area contributed by atoms with Crippen LogP contribution in [0.5, 0.6) is 5.75 Å². The summed E-state index contributed by atoms with van der Waals surface area (Å²) in [5.41, 5.74) is 2.62. The first-order valence-corrected chi connectivity index (χ1v) is 13.8. The van der Waals surface area contributed by atoms with Crippen LogP contribution in [0.25, 0.3) is 11.1 Å². The Balaban J connectivity index is 1.31. The highest BCUT2D eigenvalue weighted by Crippen LogP contribution is 2.36. The van der Waals surface area contributed by atoms with Gasteiger partial charge in [0.25, 0.3) is 0 Å². The fourth-order valence-corrected chi connectivity index (χ4v) is 5.16. The Morgan fingerprint density at radius 3 is 2.38 bits per heavy atom. The molecule has 4 rings (SSSR count). The summed E-state index contributed by atoms with van der Waals surface area (Å²) in [7, 11) is 0. The Hall–Kier alpha value is -3.09. The van der Waals surface area contributed by atoms with Gasteiger partial charge in [0.1, 0.15) is 0 Å². The Bertz CT molecular complexity index is 1230. The summed E-state index contributed by atoms with van der Waals surface area (Å²) in [4.78, 5) is 0. The van der Waals surface area contributed by atoms with Crippen LogP contribution in [0.4, 0.5) is 13.2 Å². The van der Waals surface area contributed by atoms with E-state index in [1.54, 1.807) is 54.6 Å². The van der Waals surface area contributed by atoms with Gasteiger partial charge in [-0.05, 0) is 73.3 Å². The first-order chi connectivity index (χ1) is 18.9. The van der Waals surface area contributed by atoms with Crippen LogP contribution >= 0.6 is 0 Å². The highest BCUT2D eigenvalue weighted by Gasteiger charge is 2.24. The SMILES string of the molecule is C=CCCOc1ccc(C2CCC(OCc3ccc(-c4ccc(C(O)CCC)cc4)c(F)c3F)CC2)cc1F. The summed E-state index contributed by atoms with van der Waals surface area (Å²) < 4.78 is 55.7. The first-order valence-electron chi connectivity index (χ1n) is 13.8. The zero-order valence-corrected chi connectivity index (χ0v) is 22.5. The van der Waals surface area contributed by atoms with E-state index in [1.807, 2.05) is 13.0 Å². The van der Waals surface area contributed by atoms with Gasteiger partial charge in [-0.1, -0.05) is 61.9 Å². The standard InChI is InChI=1S/C33H37F3O3/c1-3-5-19-38-31-18-14-25(20-29(31)34)22-11-15-27(16-12-22)39-21-26-13-17-28(33(36)32(26)35)23-7-9-24(10-8-23)30(37)6-4-2/h3,7-10,13-14,17-18,20,22,27,30,37H,1,4-6,11-12,15-16,19,21H2,2H3. The van der Waals surface area contributed by atoms with E-state index < -0.39 is 17.7 Å². The first kappa shape index (κ1) is 28.9. The molecular formula is C33H37F3O3. The fraction of sp³-hybridized carbons (Fsp3) is 0.394. The molecule has 3 nitrogen and oxygen atoms in total. The minimum Gasteiger partial charge on any atom is -0.490 e. The topological polar surface area (TPSA) is 38.7 Å². The highest BCUT2D eigenvalue weighted by atomic mass is 19.2. The third-order valence-corrected chi connectivity index (χ3v) is 7.49. The normalized spacial score (nSPS) is 18.1. The molecule has 6 heteroatoms. The van der Waals surface area contributed by atoms with Crippen LogP contribution in [0.1, 0.15) is 80.6 Å². The maximum atomic E-state index is 15.0. The second-order valence-electron chi connectivity index (χ2n) is 10.2. The van der Waals surface area contributed by atoms with Gasteiger partial charge >= 0.3 is 0 Å². The third-order valence-electron chi connectivity index (χ3n) is 7.49. The molecule has 0 radical (unpaired) electrons. The minimum absolute atomic E-state index is 0.00805. The summed E-state index contributed by atoms with van der Waals surface area (Å²) >= 11 is 0.